The Hall–Kier alpha value is -2.87. The summed E-state index contributed by atoms with van der Waals surface area (Å²) in [5, 5.41) is 12.2. The van der Waals surface area contributed by atoms with Crippen molar-refractivity contribution < 1.29 is 9.18 Å². The highest BCUT2D eigenvalue weighted by atomic mass is 32.2. The molecule has 166 valence electrons. The molecular formula is C24H26FN5OS. The van der Waals surface area contributed by atoms with Gasteiger partial charge in [-0.25, -0.2) is 4.39 Å². The third-order valence-corrected chi connectivity index (χ3v) is 7.02. The maximum Gasteiger partial charge on any atom is 0.238 e. The first-order chi connectivity index (χ1) is 15.7. The molecular weight excluding hydrogens is 425 g/mol. The van der Waals surface area contributed by atoms with Crippen molar-refractivity contribution in [3.05, 3.63) is 66.0 Å². The predicted molar refractivity (Wildman–Crippen MR) is 124 cm³/mol. The molecule has 1 saturated heterocycles. The maximum atomic E-state index is 13.6. The first kappa shape index (κ1) is 21.0. The zero-order valence-corrected chi connectivity index (χ0v) is 18.6. The number of rotatable bonds is 7. The van der Waals surface area contributed by atoms with Crippen LogP contribution in [0.3, 0.4) is 0 Å². The van der Waals surface area contributed by atoms with Gasteiger partial charge in [-0.2, -0.15) is 0 Å². The summed E-state index contributed by atoms with van der Waals surface area (Å²) in [7, 11) is 0. The van der Waals surface area contributed by atoms with Crippen LogP contribution in [-0.4, -0.2) is 39.8 Å². The number of carbonyl (C=O) groups is 1. The molecule has 0 spiro atoms. The van der Waals surface area contributed by atoms with E-state index in [9.17, 15) is 9.18 Å². The van der Waals surface area contributed by atoms with Crippen LogP contribution in [0.25, 0.3) is 5.69 Å². The first-order valence-corrected chi connectivity index (χ1v) is 12.1. The molecule has 2 fully saturated rings. The lowest BCUT2D eigenvalue weighted by Crippen LogP contribution is -2.32. The van der Waals surface area contributed by atoms with Crippen molar-refractivity contribution in [2.45, 2.75) is 48.6 Å². The highest BCUT2D eigenvalue weighted by Gasteiger charge is 2.31. The fourth-order valence-corrected chi connectivity index (χ4v) is 5.02. The maximum absolute atomic E-state index is 13.6. The topological polar surface area (TPSA) is 63.1 Å². The van der Waals surface area contributed by atoms with Crippen LogP contribution in [0.5, 0.6) is 0 Å². The summed E-state index contributed by atoms with van der Waals surface area (Å²) in [5.74, 6) is 0.407. The van der Waals surface area contributed by atoms with E-state index in [1.165, 1.54) is 30.3 Å². The van der Waals surface area contributed by atoms with Crippen molar-refractivity contribution in [3.63, 3.8) is 0 Å². The molecule has 1 aliphatic heterocycles. The first-order valence-electron chi connectivity index (χ1n) is 11.2. The minimum absolute atomic E-state index is 0.0776. The second-order valence-corrected chi connectivity index (χ2v) is 9.41. The average Bonchev–Trinajstić information content (AvgIpc) is 3.55. The van der Waals surface area contributed by atoms with Gasteiger partial charge >= 0.3 is 0 Å². The molecule has 6 nitrogen and oxygen atoms in total. The normalized spacial score (nSPS) is 17.2. The minimum atomic E-state index is -0.544. The number of aromatic nitrogens is 3. The van der Waals surface area contributed by atoms with Crippen molar-refractivity contribution in [3.8, 4) is 5.69 Å². The lowest BCUT2D eigenvalue weighted by atomic mass is 10.1. The highest BCUT2D eigenvalue weighted by molar-refractivity contribution is 8.00. The van der Waals surface area contributed by atoms with Crippen molar-refractivity contribution in [1.29, 1.82) is 0 Å². The monoisotopic (exact) mass is 451 g/mol. The van der Waals surface area contributed by atoms with Crippen molar-refractivity contribution in [1.82, 2.24) is 20.1 Å². The summed E-state index contributed by atoms with van der Waals surface area (Å²) >= 11 is 1.36. The minimum Gasteiger partial charge on any atom is -0.352 e. The van der Waals surface area contributed by atoms with E-state index in [2.05, 4.69) is 20.4 Å². The number of carbonyl (C=O) groups excluding carboxylic acids is 1. The Kier molecular flexibility index (Phi) is 6.12. The number of hydrogen-bond acceptors (Lipinski definition) is 5. The van der Waals surface area contributed by atoms with E-state index in [4.69, 9.17) is 0 Å². The van der Waals surface area contributed by atoms with Crippen LogP contribution in [0.2, 0.25) is 0 Å². The van der Waals surface area contributed by atoms with Gasteiger partial charge in [0, 0.05) is 19.1 Å². The molecule has 5 rings (SSSR count). The number of halogens is 1. The SMILES string of the molecule is O=C(NC1CC1)C(Sc1nnc(N2CCCCC2)n1-c1ccccc1)c1ccc(F)cc1. The number of amides is 1. The molecule has 1 atom stereocenters. The van der Waals surface area contributed by atoms with Gasteiger partial charge < -0.3 is 10.2 Å². The Balaban J connectivity index is 1.52. The Morgan fingerprint density at radius 1 is 1.00 bits per heavy atom. The molecule has 0 radical (unpaired) electrons. The molecule has 3 aromatic rings. The van der Waals surface area contributed by atoms with Gasteiger partial charge in [0.1, 0.15) is 11.1 Å². The van der Waals surface area contributed by atoms with Gasteiger partial charge in [0.2, 0.25) is 11.9 Å². The average molecular weight is 452 g/mol. The Morgan fingerprint density at radius 2 is 1.72 bits per heavy atom. The van der Waals surface area contributed by atoms with Gasteiger partial charge in [0.15, 0.2) is 5.16 Å². The molecule has 1 unspecified atom stereocenters. The third kappa shape index (κ3) is 4.65. The number of thioether (sulfide) groups is 1. The summed E-state index contributed by atoms with van der Waals surface area (Å²) < 4.78 is 15.6. The third-order valence-electron chi connectivity index (χ3n) is 5.83. The van der Waals surface area contributed by atoms with Gasteiger partial charge in [-0.05, 0) is 61.9 Å². The van der Waals surface area contributed by atoms with Crippen LogP contribution >= 0.6 is 11.8 Å². The summed E-state index contributed by atoms with van der Waals surface area (Å²) in [5.41, 5.74) is 1.71. The van der Waals surface area contributed by atoms with Gasteiger partial charge in [-0.15, -0.1) is 10.2 Å². The quantitative estimate of drug-likeness (QED) is 0.536. The van der Waals surface area contributed by atoms with Crippen LogP contribution in [0.1, 0.15) is 42.9 Å². The van der Waals surface area contributed by atoms with E-state index in [1.54, 1.807) is 12.1 Å². The largest absolute Gasteiger partial charge is 0.352 e. The molecule has 1 aromatic heterocycles. The van der Waals surface area contributed by atoms with Crippen LogP contribution in [0, 0.1) is 5.82 Å². The molecule has 1 N–H and O–H groups in total. The van der Waals surface area contributed by atoms with Crippen LogP contribution in [0.4, 0.5) is 10.3 Å². The van der Waals surface area contributed by atoms with Crippen molar-refractivity contribution in [2.75, 3.05) is 18.0 Å². The van der Waals surface area contributed by atoms with Crippen molar-refractivity contribution in [2.24, 2.45) is 0 Å². The van der Waals surface area contributed by atoms with Crippen LogP contribution in [0.15, 0.2) is 59.8 Å². The number of piperidine rings is 1. The van der Waals surface area contributed by atoms with E-state index in [0.29, 0.717) is 5.16 Å². The summed E-state index contributed by atoms with van der Waals surface area (Å²) in [4.78, 5) is 15.4. The molecule has 0 bridgehead atoms. The molecule has 2 aliphatic rings. The summed E-state index contributed by atoms with van der Waals surface area (Å²) in [6, 6.07) is 16.4. The lowest BCUT2D eigenvalue weighted by Gasteiger charge is -2.28. The zero-order chi connectivity index (χ0) is 21.9. The molecule has 1 saturated carbocycles. The van der Waals surface area contributed by atoms with E-state index >= 15 is 0 Å². The van der Waals surface area contributed by atoms with Crippen LogP contribution in [-0.2, 0) is 4.79 Å². The van der Waals surface area contributed by atoms with Gasteiger partial charge in [0.05, 0.1) is 5.69 Å². The zero-order valence-electron chi connectivity index (χ0n) is 17.8. The highest BCUT2D eigenvalue weighted by Crippen LogP contribution is 2.38. The number of hydrogen-bond donors (Lipinski definition) is 1. The van der Waals surface area contributed by atoms with E-state index in [1.807, 2.05) is 34.9 Å². The van der Waals surface area contributed by atoms with E-state index < -0.39 is 5.25 Å². The standard InChI is InChI=1S/C24H26FN5OS/c25-18-11-9-17(10-12-18)21(22(31)26-19-13-14-19)32-24-28-27-23(29-15-5-2-6-16-29)30(24)20-7-3-1-4-8-20/h1,3-4,7-12,19,21H,2,5-6,13-16H2,(H,26,31). The van der Waals surface area contributed by atoms with Gasteiger partial charge in [0.25, 0.3) is 0 Å². The molecule has 32 heavy (non-hydrogen) atoms. The second-order valence-electron chi connectivity index (χ2n) is 8.33. The second kappa shape index (κ2) is 9.32. The Bertz CT molecular complexity index is 1060. The Morgan fingerprint density at radius 3 is 2.41 bits per heavy atom. The number of anilines is 1. The molecule has 2 heterocycles. The smallest absolute Gasteiger partial charge is 0.238 e. The summed E-state index contributed by atoms with van der Waals surface area (Å²) in [6.45, 7) is 1.89. The van der Waals surface area contributed by atoms with Gasteiger partial charge in [-0.1, -0.05) is 42.1 Å². The van der Waals surface area contributed by atoms with Gasteiger partial charge in [-0.3, -0.25) is 9.36 Å². The summed E-state index contributed by atoms with van der Waals surface area (Å²) in [6.07, 6.45) is 5.50. The van der Waals surface area contributed by atoms with E-state index in [-0.39, 0.29) is 17.8 Å². The molecule has 1 amide bonds. The number of nitrogens with zero attached hydrogens (tertiary/aromatic N) is 4. The molecule has 2 aromatic carbocycles. The van der Waals surface area contributed by atoms with E-state index in [0.717, 1.165) is 56.0 Å². The van der Waals surface area contributed by atoms with Crippen molar-refractivity contribution >= 4 is 23.6 Å². The molecule has 1 aliphatic carbocycles. The lowest BCUT2D eigenvalue weighted by molar-refractivity contribution is -0.120. The fraction of sp³-hybridized carbons (Fsp3) is 0.375. The fourth-order valence-electron chi connectivity index (χ4n) is 3.96. The molecule has 8 heteroatoms. The number of para-hydroxylation sites is 1. The number of benzene rings is 2. The Labute approximate surface area is 191 Å². The predicted octanol–water partition coefficient (Wildman–Crippen LogP) is 4.51. The number of nitrogens with one attached hydrogen (secondary N) is 1. The van der Waals surface area contributed by atoms with Crippen LogP contribution < -0.4 is 10.2 Å².